The van der Waals surface area contributed by atoms with Gasteiger partial charge in [0.1, 0.15) is 0 Å². The number of hydrogen-bond acceptors (Lipinski definition) is 4. The molecule has 0 bridgehead atoms. The molecule has 4 aromatic rings. The first kappa shape index (κ1) is 19.1. The van der Waals surface area contributed by atoms with Crippen molar-refractivity contribution in [2.75, 3.05) is 6.54 Å². The van der Waals surface area contributed by atoms with Gasteiger partial charge in [0.05, 0.1) is 40.1 Å². The van der Waals surface area contributed by atoms with Gasteiger partial charge in [-0.2, -0.15) is 10.4 Å². The number of pyridine rings is 1. The number of likely N-dealkylation sites (tertiary alicyclic amines) is 1. The second-order valence-corrected chi connectivity index (χ2v) is 8.12. The first-order valence-corrected chi connectivity index (χ1v) is 10.4. The predicted molar refractivity (Wildman–Crippen MR) is 117 cm³/mol. The fourth-order valence-corrected chi connectivity index (χ4v) is 4.54. The third-order valence-corrected chi connectivity index (χ3v) is 6.07. The lowest BCUT2D eigenvalue weighted by atomic mass is 10.1. The van der Waals surface area contributed by atoms with Crippen molar-refractivity contribution in [1.82, 2.24) is 24.6 Å². The van der Waals surface area contributed by atoms with Gasteiger partial charge < -0.3 is 9.47 Å². The molecule has 1 fully saturated rings. The molecule has 7 heteroatoms. The zero-order valence-electron chi connectivity index (χ0n) is 17.2. The highest BCUT2D eigenvalue weighted by Gasteiger charge is 2.33. The van der Waals surface area contributed by atoms with Crippen molar-refractivity contribution in [2.24, 2.45) is 5.92 Å². The number of aromatic amines is 1. The Morgan fingerprint density at radius 2 is 2.13 bits per heavy atom. The summed E-state index contributed by atoms with van der Waals surface area (Å²) in [6.45, 7) is 3.59. The summed E-state index contributed by atoms with van der Waals surface area (Å²) < 4.78 is 2.22. The molecule has 0 saturated carbocycles. The van der Waals surface area contributed by atoms with Crippen molar-refractivity contribution in [2.45, 2.75) is 25.9 Å². The second kappa shape index (κ2) is 7.73. The van der Waals surface area contributed by atoms with Gasteiger partial charge in [0.25, 0.3) is 5.91 Å². The molecule has 1 aliphatic rings. The van der Waals surface area contributed by atoms with Gasteiger partial charge in [0, 0.05) is 37.1 Å². The SMILES string of the molecule is C[C@H]1CC(Cn2ccc3nc(-c4cn[nH]c4)ccc32)CN1C(=O)c1ccccc1C#N. The molecular weight excluding hydrogens is 388 g/mol. The predicted octanol–water partition coefficient (Wildman–Crippen LogP) is 3.85. The minimum Gasteiger partial charge on any atom is -0.346 e. The summed E-state index contributed by atoms with van der Waals surface area (Å²) >= 11 is 0. The van der Waals surface area contributed by atoms with Crippen LogP contribution in [0.3, 0.4) is 0 Å². The van der Waals surface area contributed by atoms with E-state index in [4.69, 9.17) is 4.98 Å². The first-order valence-electron chi connectivity index (χ1n) is 10.4. The van der Waals surface area contributed by atoms with E-state index in [9.17, 15) is 10.1 Å². The molecule has 7 nitrogen and oxygen atoms in total. The number of aromatic nitrogens is 4. The van der Waals surface area contributed by atoms with Crippen molar-refractivity contribution in [1.29, 1.82) is 5.26 Å². The number of hydrogen-bond donors (Lipinski definition) is 1. The Bertz CT molecular complexity index is 1280. The number of nitrogens with one attached hydrogen (secondary N) is 1. The van der Waals surface area contributed by atoms with E-state index in [1.807, 2.05) is 29.3 Å². The van der Waals surface area contributed by atoms with Crippen LogP contribution in [0.1, 0.15) is 29.3 Å². The highest BCUT2D eigenvalue weighted by Crippen LogP contribution is 2.29. The molecule has 5 rings (SSSR count). The molecule has 1 N–H and O–H groups in total. The Morgan fingerprint density at radius 3 is 2.94 bits per heavy atom. The molecule has 1 unspecified atom stereocenters. The fraction of sp³-hybridized carbons (Fsp3) is 0.250. The number of nitriles is 1. The van der Waals surface area contributed by atoms with Crippen LogP contribution in [0.5, 0.6) is 0 Å². The van der Waals surface area contributed by atoms with Crippen LogP contribution in [0.4, 0.5) is 0 Å². The van der Waals surface area contributed by atoms with Gasteiger partial charge in [0.2, 0.25) is 0 Å². The first-order chi connectivity index (χ1) is 15.1. The average molecular weight is 410 g/mol. The lowest BCUT2D eigenvalue weighted by Crippen LogP contribution is -2.34. The van der Waals surface area contributed by atoms with Crippen LogP contribution in [0.2, 0.25) is 0 Å². The second-order valence-electron chi connectivity index (χ2n) is 8.12. The summed E-state index contributed by atoms with van der Waals surface area (Å²) in [5.41, 5.74) is 4.80. The number of rotatable bonds is 4. The van der Waals surface area contributed by atoms with Gasteiger partial charge in [-0.3, -0.25) is 9.89 Å². The van der Waals surface area contributed by atoms with E-state index in [0.717, 1.165) is 35.3 Å². The van der Waals surface area contributed by atoms with E-state index >= 15 is 0 Å². The third-order valence-electron chi connectivity index (χ3n) is 6.07. The number of H-pyrrole nitrogens is 1. The van der Waals surface area contributed by atoms with Crippen molar-refractivity contribution in [3.63, 3.8) is 0 Å². The summed E-state index contributed by atoms with van der Waals surface area (Å²) in [6.07, 6.45) is 6.60. The molecule has 1 amide bonds. The van der Waals surface area contributed by atoms with E-state index in [0.29, 0.717) is 23.6 Å². The fourth-order valence-electron chi connectivity index (χ4n) is 4.54. The Balaban J connectivity index is 1.34. The number of nitrogens with zero attached hydrogens (tertiary/aromatic N) is 5. The standard InChI is InChI=1S/C24H22N6O/c1-16-10-17(15-30(16)24(31)20-5-3-2-4-18(20)11-25)14-29-9-8-22-23(29)7-6-21(28-22)19-12-26-27-13-19/h2-9,12-13,16-17H,10,14-15H2,1H3,(H,26,27)/t16-,17?/m0/s1. The summed E-state index contributed by atoms with van der Waals surface area (Å²) in [4.78, 5) is 19.8. The number of carbonyl (C=O) groups is 1. The largest absolute Gasteiger partial charge is 0.346 e. The van der Waals surface area contributed by atoms with Gasteiger partial charge in [-0.15, -0.1) is 0 Å². The molecule has 1 aromatic carbocycles. The van der Waals surface area contributed by atoms with E-state index in [1.165, 1.54) is 0 Å². The zero-order valence-corrected chi connectivity index (χ0v) is 17.2. The quantitative estimate of drug-likeness (QED) is 0.553. The van der Waals surface area contributed by atoms with Crippen LogP contribution >= 0.6 is 0 Å². The maximum absolute atomic E-state index is 13.1. The Kier molecular flexibility index (Phi) is 4.75. The molecule has 0 aliphatic carbocycles. The Hall–Kier alpha value is -3.92. The van der Waals surface area contributed by atoms with E-state index in [2.05, 4.69) is 40.0 Å². The summed E-state index contributed by atoms with van der Waals surface area (Å²) in [6, 6.07) is 15.4. The molecular formula is C24H22N6O. The van der Waals surface area contributed by atoms with Crippen LogP contribution in [0, 0.1) is 17.2 Å². The molecule has 2 atom stereocenters. The van der Waals surface area contributed by atoms with Gasteiger partial charge >= 0.3 is 0 Å². The number of fused-ring (bicyclic) bond motifs is 1. The number of amides is 1. The van der Waals surface area contributed by atoms with Gasteiger partial charge in [0.15, 0.2) is 0 Å². The Labute approximate surface area is 179 Å². The van der Waals surface area contributed by atoms with Gasteiger partial charge in [-0.25, -0.2) is 4.98 Å². The van der Waals surface area contributed by atoms with E-state index in [1.54, 1.807) is 24.4 Å². The van der Waals surface area contributed by atoms with Crippen LogP contribution in [0.25, 0.3) is 22.3 Å². The maximum atomic E-state index is 13.1. The molecule has 3 aromatic heterocycles. The van der Waals surface area contributed by atoms with Crippen molar-refractivity contribution in [3.8, 4) is 17.3 Å². The lowest BCUT2D eigenvalue weighted by Gasteiger charge is -2.22. The molecule has 0 spiro atoms. The summed E-state index contributed by atoms with van der Waals surface area (Å²) in [5.74, 6) is 0.285. The molecule has 0 radical (unpaired) electrons. The molecule has 4 heterocycles. The molecule has 1 aliphatic heterocycles. The normalized spacial score (nSPS) is 18.4. The topological polar surface area (TPSA) is 90.6 Å². The highest BCUT2D eigenvalue weighted by atomic mass is 16.2. The monoisotopic (exact) mass is 410 g/mol. The number of benzene rings is 1. The van der Waals surface area contributed by atoms with E-state index < -0.39 is 0 Å². The smallest absolute Gasteiger partial charge is 0.255 e. The van der Waals surface area contributed by atoms with Crippen LogP contribution in [-0.4, -0.2) is 43.1 Å². The van der Waals surface area contributed by atoms with Crippen molar-refractivity contribution < 1.29 is 4.79 Å². The summed E-state index contributed by atoms with van der Waals surface area (Å²) in [5, 5.41) is 16.2. The summed E-state index contributed by atoms with van der Waals surface area (Å²) in [7, 11) is 0. The number of carbonyl (C=O) groups excluding carboxylic acids is 1. The van der Waals surface area contributed by atoms with Crippen LogP contribution in [-0.2, 0) is 6.54 Å². The van der Waals surface area contributed by atoms with Gasteiger partial charge in [-0.05, 0) is 49.6 Å². The minimum absolute atomic E-state index is 0.0593. The van der Waals surface area contributed by atoms with E-state index in [-0.39, 0.29) is 11.9 Å². The Morgan fingerprint density at radius 1 is 1.26 bits per heavy atom. The lowest BCUT2D eigenvalue weighted by molar-refractivity contribution is 0.0742. The van der Waals surface area contributed by atoms with Crippen molar-refractivity contribution in [3.05, 3.63) is 72.2 Å². The molecule has 31 heavy (non-hydrogen) atoms. The average Bonchev–Trinajstić information content (AvgIpc) is 3.54. The van der Waals surface area contributed by atoms with Crippen molar-refractivity contribution >= 4 is 16.9 Å². The third kappa shape index (κ3) is 3.46. The van der Waals surface area contributed by atoms with Crippen LogP contribution in [0.15, 0.2) is 61.1 Å². The maximum Gasteiger partial charge on any atom is 0.255 e. The minimum atomic E-state index is -0.0593. The molecule has 154 valence electrons. The zero-order chi connectivity index (χ0) is 21.4. The van der Waals surface area contributed by atoms with Crippen LogP contribution < -0.4 is 0 Å². The van der Waals surface area contributed by atoms with Gasteiger partial charge in [-0.1, -0.05) is 12.1 Å². The highest BCUT2D eigenvalue weighted by molar-refractivity contribution is 5.97. The molecule has 1 saturated heterocycles.